The van der Waals surface area contributed by atoms with Gasteiger partial charge in [0, 0.05) is 17.9 Å². The number of hydrogen-bond acceptors (Lipinski definition) is 3. The number of ketones is 1. The van der Waals surface area contributed by atoms with E-state index in [1.165, 1.54) is 7.11 Å². The minimum absolute atomic E-state index is 0.121. The summed E-state index contributed by atoms with van der Waals surface area (Å²) in [6, 6.07) is 0. The van der Waals surface area contributed by atoms with E-state index >= 15 is 0 Å². The molecule has 3 nitrogen and oxygen atoms in total. The molecule has 0 aliphatic heterocycles. The van der Waals surface area contributed by atoms with E-state index in [1.54, 1.807) is 6.08 Å². The second-order valence-electron chi connectivity index (χ2n) is 5.67. The molecule has 0 bridgehead atoms. The zero-order valence-electron chi connectivity index (χ0n) is 13.8. The van der Waals surface area contributed by atoms with E-state index in [0.717, 1.165) is 50.5 Å². The van der Waals surface area contributed by atoms with Crippen LogP contribution >= 0.6 is 0 Å². The molecule has 122 valence electrons. The topological polar surface area (TPSA) is 43.4 Å². The van der Waals surface area contributed by atoms with Crippen molar-refractivity contribution in [3.63, 3.8) is 0 Å². The van der Waals surface area contributed by atoms with Crippen LogP contribution in [0.3, 0.4) is 0 Å². The molecule has 0 fully saturated rings. The van der Waals surface area contributed by atoms with Gasteiger partial charge in [0.05, 0.1) is 7.11 Å². The summed E-state index contributed by atoms with van der Waals surface area (Å²) in [4.78, 5) is 22.8. The predicted molar refractivity (Wildman–Crippen MR) is 89.5 cm³/mol. The van der Waals surface area contributed by atoms with Crippen molar-refractivity contribution in [3.05, 3.63) is 36.0 Å². The Balaban J connectivity index is 2.19. The molecule has 0 saturated heterocycles. The Labute approximate surface area is 134 Å². The number of hydrogen-bond donors (Lipinski definition) is 0. The van der Waals surface area contributed by atoms with E-state index in [1.807, 2.05) is 18.2 Å². The van der Waals surface area contributed by atoms with Gasteiger partial charge in [-0.2, -0.15) is 0 Å². The van der Waals surface area contributed by atoms with Crippen molar-refractivity contribution in [2.75, 3.05) is 7.11 Å². The number of carbonyl (C=O) groups is 2. The summed E-state index contributed by atoms with van der Waals surface area (Å²) < 4.78 is 4.62. The van der Waals surface area contributed by atoms with E-state index in [9.17, 15) is 9.59 Å². The van der Waals surface area contributed by atoms with Crippen molar-refractivity contribution >= 4 is 11.8 Å². The monoisotopic (exact) mass is 304 g/mol. The molecule has 0 radical (unpaired) electrons. The highest BCUT2D eigenvalue weighted by molar-refractivity contribution is 6.07. The van der Waals surface area contributed by atoms with Crippen LogP contribution in [0.2, 0.25) is 0 Å². The third-order valence-corrected chi connectivity index (χ3v) is 3.94. The maximum Gasteiger partial charge on any atom is 0.305 e. The summed E-state index contributed by atoms with van der Waals surface area (Å²) in [5, 5.41) is 0. The largest absolute Gasteiger partial charge is 0.469 e. The molecule has 1 unspecified atom stereocenters. The quantitative estimate of drug-likeness (QED) is 0.338. The van der Waals surface area contributed by atoms with Crippen LogP contribution in [0.15, 0.2) is 36.0 Å². The second kappa shape index (κ2) is 11.0. The molecule has 1 aliphatic rings. The molecule has 0 spiro atoms. The summed E-state index contributed by atoms with van der Waals surface area (Å²) >= 11 is 0. The molecular formula is C19H28O3. The molecule has 0 aromatic carbocycles. The van der Waals surface area contributed by atoms with Crippen molar-refractivity contribution in [1.82, 2.24) is 0 Å². The van der Waals surface area contributed by atoms with Gasteiger partial charge in [0.15, 0.2) is 5.78 Å². The number of allylic oxidation sites excluding steroid dienone is 6. The summed E-state index contributed by atoms with van der Waals surface area (Å²) in [6.45, 7) is 2.08. The lowest BCUT2D eigenvalue weighted by Gasteiger charge is -2.09. The third-order valence-electron chi connectivity index (χ3n) is 3.94. The first-order valence-corrected chi connectivity index (χ1v) is 8.35. The molecule has 3 heteroatoms. The van der Waals surface area contributed by atoms with E-state index in [2.05, 4.69) is 17.7 Å². The molecule has 1 atom stereocenters. The molecule has 1 rings (SSSR count). The Bertz CT molecular complexity index is 444. The standard InChI is InChI=1S/C19H28O3/c1-3-4-8-12-17-16(14-15-18(17)20)11-9-6-5-7-10-13-19(21)22-2/h4,8,12,14-16H,3,5-7,9-11,13H2,1-2H3/b8-4-,17-12+. The summed E-state index contributed by atoms with van der Waals surface area (Å²) in [7, 11) is 1.43. The number of unbranched alkanes of at least 4 members (excludes halogenated alkanes) is 4. The molecule has 0 saturated carbocycles. The maximum atomic E-state index is 11.8. The lowest BCUT2D eigenvalue weighted by Crippen LogP contribution is -2.02. The molecule has 0 amide bonds. The molecule has 1 aliphatic carbocycles. The molecule has 0 heterocycles. The van der Waals surface area contributed by atoms with Crippen LogP contribution in [0.4, 0.5) is 0 Å². The van der Waals surface area contributed by atoms with Crippen LogP contribution in [-0.4, -0.2) is 18.9 Å². The highest BCUT2D eigenvalue weighted by atomic mass is 16.5. The number of methoxy groups -OCH3 is 1. The predicted octanol–water partition coefficient (Wildman–Crippen LogP) is 4.54. The molecule has 0 N–H and O–H groups in total. The van der Waals surface area contributed by atoms with Gasteiger partial charge in [0.2, 0.25) is 0 Å². The number of carbonyl (C=O) groups excluding carboxylic acids is 2. The number of ether oxygens (including phenoxy) is 1. The maximum absolute atomic E-state index is 11.8. The van der Waals surface area contributed by atoms with Crippen molar-refractivity contribution in [2.45, 2.75) is 58.3 Å². The average molecular weight is 304 g/mol. The summed E-state index contributed by atoms with van der Waals surface area (Å²) in [6.07, 6.45) is 17.7. The zero-order valence-corrected chi connectivity index (χ0v) is 13.8. The van der Waals surface area contributed by atoms with Crippen molar-refractivity contribution < 1.29 is 14.3 Å². The minimum Gasteiger partial charge on any atom is -0.469 e. The second-order valence-corrected chi connectivity index (χ2v) is 5.67. The SMILES string of the molecule is CC/C=C\C=C1\C(=O)C=CC1CCCCCCCC(=O)OC. The smallest absolute Gasteiger partial charge is 0.305 e. The van der Waals surface area contributed by atoms with Crippen LogP contribution in [0.5, 0.6) is 0 Å². The van der Waals surface area contributed by atoms with Gasteiger partial charge in [-0.05, 0) is 25.3 Å². The van der Waals surface area contributed by atoms with Gasteiger partial charge in [-0.3, -0.25) is 9.59 Å². The van der Waals surface area contributed by atoms with Gasteiger partial charge in [-0.25, -0.2) is 0 Å². The first kappa shape index (κ1) is 18.4. The average Bonchev–Trinajstić information content (AvgIpc) is 2.87. The lowest BCUT2D eigenvalue weighted by atomic mass is 9.94. The Morgan fingerprint density at radius 1 is 1.23 bits per heavy atom. The van der Waals surface area contributed by atoms with Gasteiger partial charge in [0.1, 0.15) is 0 Å². The van der Waals surface area contributed by atoms with Gasteiger partial charge >= 0.3 is 5.97 Å². The van der Waals surface area contributed by atoms with Gasteiger partial charge in [-0.1, -0.05) is 56.9 Å². The third kappa shape index (κ3) is 6.88. The van der Waals surface area contributed by atoms with Crippen LogP contribution in [0.25, 0.3) is 0 Å². The van der Waals surface area contributed by atoms with Crippen molar-refractivity contribution in [2.24, 2.45) is 5.92 Å². The fraction of sp³-hybridized carbons (Fsp3) is 0.579. The van der Waals surface area contributed by atoms with Crippen LogP contribution in [-0.2, 0) is 14.3 Å². The molecule has 0 aromatic rings. The normalized spacial score (nSPS) is 19.5. The summed E-state index contributed by atoms with van der Waals surface area (Å²) in [5.74, 6) is 0.317. The Morgan fingerprint density at radius 3 is 2.68 bits per heavy atom. The Kier molecular flexibility index (Phi) is 9.20. The molecule has 0 aromatic heterocycles. The first-order chi connectivity index (χ1) is 10.7. The highest BCUT2D eigenvalue weighted by Gasteiger charge is 2.21. The first-order valence-electron chi connectivity index (χ1n) is 8.35. The van der Waals surface area contributed by atoms with E-state index in [-0.39, 0.29) is 17.7 Å². The summed E-state index contributed by atoms with van der Waals surface area (Å²) in [5.41, 5.74) is 0.926. The lowest BCUT2D eigenvalue weighted by molar-refractivity contribution is -0.140. The van der Waals surface area contributed by atoms with Crippen LogP contribution in [0, 0.1) is 5.92 Å². The fourth-order valence-electron chi connectivity index (χ4n) is 2.62. The highest BCUT2D eigenvalue weighted by Crippen LogP contribution is 2.27. The number of esters is 1. The van der Waals surface area contributed by atoms with E-state index in [0.29, 0.717) is 6.42 Å². The van der Waals surface area contributed by atoms with Gasteiger partial charge in [-0.15, -0.1) is 0 Å². The van der Waals surface area contributed by atoms with Crippen LogP contribution in [0.1, 0.15) is 58.3 Å². The number of rotatable bonds is 10. The van der Waals surface area contributed by atoms with Crippen molar-refractivity contribution in [1.29, 1.82) is 0 Å². The Morgan fingerprint density at radius 2 is 1.95 bits per heavy atom. The van der Waals surface area contributed by atoms with Gasteiger partial charge in [0.25, 0.3) is 0 Å². The molecular weight excluding hydrogens is 276 g/mol. The molecule has 22 heavy (non-hydrogen) atoms. The van der Waals surface area contributed by atoms with Gasteiger partial charge < -0.3 is 4.74 Å². The van der Waals surface area contributed by atoms with E-state index in [4.69, 9.17) is 0 Å². The Hall–Kier alpha value is -1.64. The fourth-order valence-corrected chi connectivity index (χ4v) is 2.62. The van der Waals surface area contributed by atoms with E-state index < -0.39 is 0 Å². The van der Waals surface area contributed by atoms with Crippen LogP contribution < -0.4 is 0 Å². The minimum atomic E-state index is -0.121. The van der Waals surface area contributed by atoms with Crippen molar-refractivity contribution in [3.8, 4) is 0 Å². The zero-order chi connectivity index (χ0) is 16.2.